The van der Waals surface area contributed by atoms with Crippen LogP contribution in [0.1, 0.15) is 11.1 Å². The summed E-state index contributed by atoms with van der Waals surface area (Å²) < 4.78 is 0. The van der Waals surface area contributed by atoms with Gasteiger partial charge in [-0.2, -0.15) is 10.5 Å². The number of hydrogen-bond donors (Lipinski definition) is 0. The zero-order valence-electron chi connectivity index (χ0n) is 16.0. The molecule has 6 aromatic carbocycles. The number of nitriles is 2. The maximum atomic E-state index is 9.47. The van der Waals surface area contributed by atoms with Gasteiger partial charge in [0.25, 0.3) is 0 Å². The summed E-state index contributed by atoms with van der Waals surface area (Å²) in [4.78, 5) is 0. The third-order valence-corrected chi connectivity index (χ3v) is 6.04. The summed E-state index contributed by atoms with van der Waals surface area (Å²) in [5.41, 5.74) is 1.31. The molecule has 0 aliphatic carbocycles. The summed E-state index contributed by atoms with van der Waals surface area (Å²) in [6.45, 7) is 0. The molecular formula is C28H14N2. The SMILES string of the molecule is N#Cc1ccc2ccc3ccc4ccc5ccc6ccc(C#N)cc6c5c4c3c2c1. The minimum Gasteiger partial charge on any atom is -0.192 e. The smallest absolute Gasteiger partial charge is 0.0991 e. The van der Waals surface area contributed by atoms with E-state index in [-0.39, 0.29) is 0 Å². The normalized spacial score (nSPS) is 11.3. The molecule has 0 spiro atoms. The van der Waals surface area contributed by atoms with Crippen LogP contribution >= 0.6 is 0 Å². The fraction of sp³-hybridized carbons (Fsp3) is 0. The molecule has 6 rings (SSSR count). The maximum Gasteiger partial charge on any atom is 0.0991 e. The molecular weight excluding hydrogens is 364 g/mol. The summed E-state index contributed by atoms with van der Waals surface area (Å²) in [5.74, 6) is 0. The summed E-state index contributed by atoms with van der Waals surface area (Å²) in [6.07, 6.45) is 0. The van der Waals surface area contributed by atoms with Gasteiger partial charge >= 0.3 is 0 Å². The lowest BCUT2D eigenvalue weighted by Gasteiger charge is -2.13. The van der Waals surface area contributed by atoms with Crippen LogP contribution in [0.15, 0.2) is 84.9 Å². The Morgan fingerprint density at radius 2 is 0.733 bits per heavy atom. The van der Waals surface area contributed by atoms with Crippen LogP contribution in [-0.2, 0) is 0 Å². The highest BCUT2D eigenvalue weighted by atomic mass is 14.2. The van der Waals surface area contributed by atoms with Gasteiger partial charge in [-0.3, -0.25) is 0 Å². The molecule has 0 saturated carbocycles. The van der Waals surface area contributed by atoms with Crippen LogP contribution in [-0.4, -0.2) is 0 Å². The Balaban J connectivity index is 1.98. The largest absolute Gasteiger partial charge is 0.192 e. The minimum atomic E-state index is 0.656. The summed E-state index contributed by atoms with van der Waals surface area (Å²) in [6, 6.07) is 33.4. The standard InChI is InChI=1S/C28H14N2/c29-15-17-1-3-19-5-7-21-9-11-23-12-10-22-8-6-20-4-2-18(16-30)14-25(20)27(22)28(23)26(21)24(19)13-17/h1-14H. The van der Waals surface area contributed by atoms with Crippen LogP contribution in [0.5, 0.6) is 0 Å². The molecule has 30 heavy (non-hydrogen) atoms. The van der Waals surface area contributed by atoms with Crippen molar-refractivity contribution >= 4 is 53.9 Å². The van der Waals surface area contributed by atoms with Crippen LogP contribution in [0, 0.1) is 22.7 Å². The first-order valence-electron chi connectivity index (χ1n) is 9.82. The third-order valence-electron chi connectivity index (χ3n) is 6.04. The van der Waals surface area contributed by atoms with Crippen molar-refractivity contribution in [1.29, 1.82) is 10.5 Å². The highest BCUT2D eigenvalue weighted by Gasteiger charge is 2.12. The fourth-order valence-corrected chi connectivity index (χ4v) is 4.64. The zero-order chi connectivity index (χ0) is 20.2. The van der Waals surface area contributed by atoms with Gasteiger partial charge < -0.3 is 0 Å². The molecule has 0 radical (unpaired) electrons. The average molecular weight is 378 g/mol. The molecule has 2 nitrogen and oxygen atoms in total. The van der Waals surface area contributed by atoms with E-state index in [9.17, 15) is 10.5 Å². The van der Waals surface area contributed by atoms with Gasteiger partial charge in [-0.25, -0.2) is 0 Å². The molecule has 136 valence electrons. The molecule has 0 amide bonds. The lowest BCUT2D eigenvalue weighted by Crippen LogP contribution is -1.87. The van der Waals surface area contributed by atoms with E-state index in [0.717, 1.165) is 48.5 Å². The van der Waals surface area contributed by atoms with Crippen molar-refractivity contribution in [1.82, 2.24) is 0 Å². The second-order valence-corrected chi connectivity index (χ2v) is 7.65. The van der Waals surface area contributed by atoms with Crippen LogP contribution in [0.25, 0.3) is 53.9 Å². The van der Waals surface area contributed by atoms with E-state index in [1.54, 1.807) is 0 Å². The van der Waals surface area contributed by atoms with Crippen molar-refractivity contribution < 1.29 is 0 Å². The molecule has 0 aromatic heterocycles. The second kappa shape index (κ2) is 6.05. The average Bonchev–Trinajstić information content (AvgIpc) is 2.82. The molecule has 6 aromatic rings. The monoisotopic (exact) mass is 378 g/mol. The molecule has 0 atom stereocenters. The molecule has 0 heterocycles. The fourth-order valence-electron chi connectivity index (χ4n) is 4.64. The lowest BCUT2D eigenvalue weighted by atomic mass is 9.90. The Kier molecular flexibility index (Phi) is 3.33. The molecule has 0 saturated heterocycles. The first-order chi connectivity index (χ1) is 14.8. The summed E-state index contributed by atoms with van der Waals surface area (Å²) in [5, 5.41) is 30.3. The van der Waals surface area contributed by atoms with Gasteiger partial charge in [-0.1, -0.05) is 60.7 Å². The van der Waals surface area contributed by atoms with Gasteiger partial charge in [0.15, 0.2) is 0 Å². The van der Waals surface area contributed by atoms with Gasteiger partial charge in [0.1, 0.15) is 0 Å². The number of benzene rings is 6. The molecule has 2 heteroatoms. The van der Waals surface area contributed by atoms with Crippen LogP contribution < -0.4 is 0 Å². The van der Waals surface area contributed by atoms with Crippen LogP contribution in [0.2, 0.25) is 0 Å². The second-order valence-electron chi connectivity index (χ2n) is 7.65. The minimum absolute atomic E-state index is 0.656. The van der Waals surface area contributed by atoms with E-state index in [1.165, 1.54) is 5.39 Å². The van der Waals surface area contributed by atoms with Gasteiger partial charge in [-0.05, 0) is 78.1 Å². The van der Waals surface area contributed by atoms with Gasteiger partial charge in [0.2, 0.25) is 0 Å². The van der Waals surface area contributed by atoms with Gasteiger partial charge in [-0.15, -0.1) is 0 Å². The van der Waals surface area contributed by atoms with Crippen molar-refractivity contribution in [2.24, 2.45) is 0 Å². The van der Waals surface area contributed by atoms with E-state index >= 15 is 0 Å². The van der Waals surface area contributed by atoms with E-state index in [2.05, 4.69) is 60.7 Å². The summed E-state index contributed by atoms with van der Waals surface area (Å²) >= 11 is 0. The predicted octanol–water partition coefficient (Wildman–Crippen LogP) is 7.20. The first kappa shape index (κ1) is 16.5. The molecule has 0 unspecified atom stereocenters. The van der Waals surface area contributed by atoms with Crippen molar-refractivity contribution in [3.63, 3.8) is 0 Å². The maximum absolute atomic E-state index is 9.47. The molecule has 0 fully saturated rings. The van der Waals surface area contributed by atoms with E-state index < -0.39 is 0 Å². The lowest BCUT2D eigenvalue weighted by molar-refractivity contribution is 1.50. The third kappa shape index (κ3) is 2.23. The highest BCUT2D eigenvalue weighted by Crippen LogP contribution is 2.39. The quantitative estimate of drug-likeness (QED) is 0.262. The Morgan fingerprint density at radius 1 is 0.400 bits per heavy atom. The number of hydrogen-bond acceptors (Lipinski definition) is 2. The van der Waals surface area contributed by atoms with Crippen LogP contribution in [0.4, 0.5) is 0 Å². The molecule has 0 N–H and O–H groups in total. The summed E-state index contributed by atoms with van der Waals surface area (Å²) in [7, 11) is 0. The zero-order valence-corrected chi connectivity index (χ0v) is 16.0. The van der Waals surface area contributed by atoms with Crippen molar-refractivity contribution in [3.05, 3.63) is 96.1 Å². The highest BCUT2D eigenvalue weighted by molar-refractivity contribution is 6.32. The van der Waals surface area contributed by atoms with Crippen molar-refractivity contribution in [2.45, 2.75) is 0 Å². The first-order valence-corrected chi connectivity index (χ1v) is 9.82. The molecule has 0 bridgehead atoms. The topological polar surface area (TPSA) is 47.6 Å². The van der Waals surface area contributed by atoms with E-state index in [0.29, 0.717) is 11.1 Å². The number of fused-ring (bicyclic) bond motifs is 9. The predicted molar refractivity (Wildman–Crippen MR) is 123 cm³/mol. The van der Waals surface area contributed by atoms with Crippen molar-refractivity contribution in [2.75, 3.05) is 0 Å². The van der Waals surface area contributed by atoms with Gasteiger partial charge in [0, 0.05) is 0 Å². The van der Waals surface area contributed by atoms with Crippen molar-refractivity contribution in [3.8, 4) is 12.1 Å². The van der Waals surface area contributed by atoms with Crippen LogP contribution in [0.3, 0.4) is 0 Å². The number of rotatable bonds is 0. The molecule has 0 aliphatic heterocycles. The Morgan fingerprint density at radius 3 is 1.13 bits per heavy atom. The van der Waals surface area contributed by atoms with E-state index in [4.69, 9.17) is 0 Å². The van der Waals surface area contributed by atoms with Gasteiger partial charge in [0.05, 0.1) is 23.3 Å². The van der Waals surface area contributed by atoms with E-state index in [1.807, 2.05) is 36.4 Å². The Labute approximate surface area is 172 Å². The Hall–Kier alpha value is -4.40. The molecule has 0 aliphatic rings. The number of nitrogens with zero attached hydrogens (tertiary/aromatic N) is 2. The Bertz CT molecular complexity index is 1620.